The molecule has 150 valence electrons. The molecule has 1 aromatic rings. The van der Waals surface area contributed by atoms with Crippen molar-refractivity contribution in [1.82, 2.24) is 4.31 Å². The number of amides is 1. The van der Waals surface area contributed by atoms with Crippen LogP contribution in [0, 0.1) is 11.3 Å². The second-order valence-electron chi connectivity index (χ2n) is 6.28. The molecule has 0 aliphatic carbocycles. The summed E-state index contributed by atoms with van der Waals surface area (Å²) in [6, 6.07) is 8.34. The van der Waals surface area contributed by atoms with Gasteiger partial charge in [-0.3, -0.25) is 13.9 Å². The molecular formula is C20H24N2O5S. The standard InChI is InChI=1S/C20H24N2O5S/c1-2-3-13-26-19(24)7-5-4-6-12-22-18(23)14-20(28(22)25)27-17-10-8-16(15-21)9-11-17/h8-11,14H,2-7,12-13H2,1H3. The van der Waals surface area contributed by atoms with Crippen LogP contribution in [-0.2, 0) is 25.3 Å². The molecule has 0 bridgehead atoms. The van der Waals surface area contributed by atoms with Gasteiger partial charge in [0.2, 0.25) is 5.09 Å². The minimum absolute atomic E-state index is 0.0780. The fourth-order valence-corrected chi connectivity index (χ4v) is 3.59. The Kier molecular flexibility index (Phi) is 8.69. The number of unbranched alkanes of at least 4 members (excludes halogenated alkanes) is 3. The predicted octanol–water partition coefficient (Wildman–Crippen LogP) is 3.19. The molecule has 0 N–H and O–H groups in total. The van der Waals surface area contributed by atoms with Gasteiger partial charge in [0.25, 0.3) is 5.91 Å². The molecule has 0 spiro atoms. The van der Waals surface area contributed by atoms with Crippen LogP contribution < -0.4 is 4.74 Å². The molecule has 8 heteroatoms. The van der Waals surface area contributed by atoms with Gasteiger partial charge in [0.15, 0.2) is 11.0 Å². The van der Waals surface area contributed by atoms with Gasteiger partial charge < -0.3 is 9.47 Å². The molecule has 0 fully saturated rings. The first-order valence-corrected chi connectivity index (χ1v) is 10.4. The first kappa shape index (κ1) is 21.6. The molecule has 2 rings (SSSR count). The average Bonchev–Trinajstić information content (AvgIpc) is 2.95. The summed E-state index contributed by atoms with van der Waals surface area (Å²) in [5.74, 6) is -0.148. The highest BCUT2D eigenvalue weighted by molar-refractivity contribution is 7.87. The average molecular weight is 404 g/mol. The van der Waals surface area contributed by atoms with Crippen molar-refractivity contribution in [3.8, 4) is 11.8 Å². The molecule has 1 heterocycles. The minimum atomic E-state index is -1.69. The number of hydrogen-bond acceptors (Lipinski definition) is 6. The number of ether oxygens (including phenoxy) is 2. The minimum Gasteiger partial charge on any atom is -0.466 e. The van der Waals surface area contributed by atoms with Crippen LogP contribution in [0.3, 0.4) is 0 Å². The van der Waals surface area contributed by atoms with E-state index < -0.39 is 11.0 Å². The third-order valence-corrected chi connectivity index (χ3v) is 5.37. The van der Waals surface area contributed by atoms with E-state index in [1.54, 1.807) is 24.3 Å². The first-order chi connectivity index (χ1) is 13.5. The van der Waals surface area contributed by atoms with Gasteiger partial charge >= 0.3 is 5.97 Å². The van der Waals surface area contributed by atoms with E-state index in [0.29, 0.717) is 43.7 Å². The van der Waals surface area contributed by atoms with Gasteiger partial charge in [0.1, 0.15) is 5.75 Å². The number of rotatable bonds is 11. The van der Waals surface area contributed by atoms with Gasteiger partial charge in [-0.25, -0.2) is 4.21 Å². The van der Waals surface area contributed by atoms with E-state index in [-0.39, 0.29) is 17.0 Å². The van der Waals surface area contributed by atoms with Gasteiger partial charge in [-0.2, -0.15) is 5.26 Å². The summed E-state index contributed by atoms with van der Waals surface area (Å²) in [6.45, 7) is 2.82. The van der Waals surface area contributed by atoms with E-state index >= 15 is 0 Å². The molecule has 7 nitrogen and oxygen atoms in total. The van der Waals surface area contributed by atoms with Crippen molar-refractivity contribution in [2.24, 2.45) is 0 Å². The van der Waals surface area contributed by atoms with Gasteiger partial charge in [-0.1, -0.05) is 19.8 Å². The maximum Gasteiger partial charge on any atom is 0.305 e. The molecular weight excluding hydrogens is 380 g/mol. The Balaban J connectivity index is 1.71. The Morgan fingerprint density at radius 1 is 1.18 bits per heavy atom. The summed E-state index contributed by atoms with van der Waals surface area (Å²) < 4.78 is 24.3. The second-order valence-corrected chi connectivity index (χ2v) is 7.62. The molecule has 1 aliphatic rings. The van der Waals surface area contributed by atoms with E-state index in [1.807, 2.05) is 13.0 Å². The van der Waals surface area contributed by atoms with E-state index in [4.69, 9.17) is 14.7 Å². The van der Waals surface area contributed by atoms with Crippen LogP contribution in [0.2, 0.25) is 0 Å². The van der Waals surface area contributed by atoms with Gasteiger partial charge in [0.05, 0.1) is 24.3 Å². The largest absolute Gasteiger partial charge is 0.466 e. The van der Waals surface area contributed by atoms with E-state index in [9.17, 15) is 13.8 Å². The molecule has 1 atom stereocenters. The number of carbonyl (C=O) groups excluding carboxylic acids is 2. The Morgan fingerprint density at radius 2 is 1.93 bits per heavy atom. The van der Waals surface area contributed by atoms with Crippen molar-refractivity contribution in [2.45, 2.75) is 45.4 Å². The van der Waals surface area contributed by atoms with Crippen molar-refractivity contribution in [2.75, 3.05) is 13.2 Å². The lowest BCUT2D eigenvalue weighted by Crippen LogP contribution is -2.28. The predicted molar refractivity (Wildman–Crippen MR) is 104 cm³/mol. The summed E-state index contributed by atoms with van der Waals surface area (Å²) in [5.41, 5.74) is 0.487. The zero-order valence-corrected chi connectivity index (χ0v) is 16.7. The first-order valence-electron chi connectivity index (χ1n) is 9.34. The molecule has 0 radical (unpaired) electrons. The van der Waals surface area contributed by atoms with Crippen LogP contribution in [0.1, 0.15) is 51.0 Å². The summed E-state index contributed by atoms with van der Waals surface area (Å²) in [6.07, 6.45) is 5.47. The van der Waals surface area contributed by atoms with E-state index in [1.165, 1.54) is 10.4 Å². The Bertz CT molecular complexity index is 783. The number of nitriles is 1. The topological polar surface area (TPSA) is 96.7 Å². The maximum absolute atomic E-state index is 12.5. The quantitative estimate of drug-likeness (QED) is 0.415. The smallest absolute Gasteiger partial charge is 0.305 e. The van der Waals surface area contributed by atoms with Crippen LogP contribution in [0.15, 0.2) is 35.4 Å². The summed E-state index contributed by atoms with van der Waals surface area (Å²) in [4.78, 5) is 23.6. The van der Waals surface area contributed by atoms with Crippen molar-refractivity contribution < 1.29 is 23.3 Å². The second kappa shape index (κ2) is 11.2. The maximum atomic E-state index is 12.5. The number of benzene rings is 1. The van der Waals surface area contributed by atoms with Crippen LogP contribution in [0.25, 0.3) is 0 Å². The van der Waals surface area contributed by atoms with Crippen molar-refractivity contribution in [1.29, 1.82) is 5.26 Å². The Hall–Kier alpha value is -2.66. The summed E-state index contributed by atoms with van der Waals surface area (Å²) in [7, 11) is -1.69. The molecule has 1 aliphatic heterocycles. The highest BCUT2D eigenvalue weighted by Crippen LogP contribution is 2.23. The number of carbonyl (C=O) groups is 2. The zero-order valence-electron chi connectivity index (χ0n) is 15.9. The Morgan fingerprint density at radius 3 is 2.61 bits per heavy atom. The van der Waals surface area contributed by atoms with Crippen molar-refractivity contribution in [3.63, 3.8) is 0 Å². The number of nitrogens with zero attached hydrogens (tertiary/aromatic N) is 2. The van der Waals surface area contributed by atoms with Gasteiger partial charge in [0, 0.05) is 13.0 Å². The number of hydrogen-bond donors (Lipinski definition) is 0. The lowest BCUT2D eigenvalue weighted by atomic mass is 10.2. The van der Waals surface area contributed by atoms with Gasteiger partial charge in [-0.05, 0) is 43.5 Å². The lowest BCUT2D eigenvalue weighted by Gasteiger charge is -2.15. The number of esters is 1. The fourth-order valence-electron chi connectivity index (χ4n) is 2.49. The normalized spacial score (nSPS) is 15.9. The van der Waals surface area contributed by atoms with Crippen LogP contribution >= 0.6 is 0 Å². The molecule has 28 heavy (non-hydrogen) atoms. The van der Waals surface area contributed by atoms with Crippen LogP contribution in [-0.4, -0.2) is 33.5 Å². The van der Waals surface area contributed by atoms with Crippen LogP contribution in [0.5, 0.6) is 5.75 Å². The molecule has 0 saturated carbocycles. The summed E-state index contributed by atoms with van der Waals surface area (Å²) >= 11 is 0. The molecule has 1 aromatic carbocycles. The summed E-state index contributed by atoms with van der Waals surface area (Å²) in [5, 5.41) is 8.87. The highest BCUT2D eigenvalue weighted by atomic mass is 32.2. The van der Waals surface area contributed by atoms with Gasteiger partial charge in [-0.15, -0.1) is 0 Å². The molecule has 1 unspecified atom stereocenters. The SMILES string of the molecule is CCCCOC(=O)CCCCCN1C(=O)C=C(Oc2ccc(C#N)cc2)S1=O. The van der Waals surface area contributed by atoms with Crippen LogP contribution in [0.4, 0.5) is 0 Å². The lowest BCUT2D eigenvalue weighted by molar-refractivity contribution is -0.143. The molecule has 0 aromatic heterocycles. The van der Waals surface area contributed by atoms with E-state index in [2.05, 4.69) is 0 Å². The van der Waals surface area contributed by atoms with Crippen molar-refractivity contribution in [3.05, 3.63) is 41.0 Å². The third-order valence-electron chi connectivity index (χ3n) is 4.06. The highest BCUT2D eigenvalue weighted by Gasteiger charge is 2.31. The molecule has 0 saturated heterocycles. The Labute approximate surface area is 167 Å². The molecule has 1 amide bonds. The third kappa shape index (κ3) is 6.50. The van der Waals surface area contributed by atoms with Crippen molar-refractivity contribution >= 4 is 22.9 Å². The fraction of sp³-hybridized carbons (Fsp3) is 0.450. The zero-order chi connectivity index (χ0) is 20.4. The monoisotopic (exact) mass is 404 g/mol. The van der Waals surface area contributed by atoms with E-state index in [0.717, 1.165) is 19.3 Å².